The summed E-state index contributed by atoms with van der Waals surface area (Å²) in [4.78, 5) is 12.1. The van der Waals surface area contributed by atoms with E-state index in [-0.39, 0.29) is 5.97 Å². The Kier molecular flexibility index (Phi) is 6.65. The minimum atomic E-state index is -0.241. The van der Waals surface area contributed by atoms with E-state index >= 15 is 0 Å². The van der Waals surface area contributed by atoms with Crippen LogP contribution < -0.4 is 0 Å². The molecule has 0 radical (unpaired) electrons. The van der Waals surface area contributed by atoms with E-state index in [1.165, 1.54) is 5.56 Å². The predicted octanol–water partition coefficient (Wildman–Crippen LogP) is 5.03. The maximum atomic E-state index is 12.1. The molecule has 2 aromatic carbocycles. The van der Waals surface area contributed by atoms with Crippen molar-refractivity contribution in [2.45, 2.75) is 19.8 Å². The molecule has 0 amide bonds. The van der Waals surface area contributed by atoms with Crippen LogP contribution in [0.25, 0.3) is 5.57 Å². The topological polar surface area (TPSA) is 26.3 Å². The van der Waals surface area contributed by atoms with Crippen LogP contribution >= 0.6 is 22.6 Å². The highest BCUT2D eigenvalue weighted by molar-refractivity contribution is 14.1. The summed E-state index contributed by atoms with van der Waals surface area (Å²) in [6.07, 6.45) is 1.71. The molecule has 0 aromatic heterocycles. The van der Waals surface area contributed by atoms with Crippen LogP contribution in [-0.2, 0) is 16.0 Å². The summed E-state index contributed by atoms with van der Waals surface area (Å²) in [5, 5.41) is 0. The number of aryl methyl sites for hydroxylation is 1. The van der Waals surface area contributed by atoms with E-state index in [0.29, 0.717) is 10.2 Å². The summed E-state index contributed by atoms with van der Waals surface area (Å²) in [6.45, 7) is 2.22. The summed E-state index contributed by atoms with van der Waals surface area (Å²) in [5.41, 5.74) is 3.39. The number of hydrogen-bond donors (Lipinski definition) is 0. The van der Waals surface area contributed by atoms with Gasteiger partial charge < -0.3 is 4.74 Å². The van der Waals surface area contributed by atoms with E-state index in [9.17, 15) is 4.79 Å². The molecule has 0 heterocycles. The molecule has 2 aromatic rings. The number of carbonyl (C=O) groups excluding carboxylic acids is 1. The Morgan fingerprint density at radius 2 is 1.59 bits per heavy atom. The van der Waals surface area contributed by atoms with Gasteiger partial charge in [-0.3, -0.25) is 0 Å². The van der Waals surface area contributed by atoms with Crippen LogP contribution in [0.5, 0.6) is 0 Å². The zero-order valence-corrected chi connectivity index (χ0v) is 14.7. The van der Waals surface area contributed by atoms with Crippen molar-refractivity contribution in [1.82, 2.24) is 0 Å². The fraction of sp³-hybridized carbons (Fsp3) is 0.211. The van der Waals surface area contributed by atoms with Gasteiger partial charge in [0.15, 0.2) is 0 Å². The number of benzene rings is 2. The van der Waals surface area contributed by atoms with Gasteiger partial charge in [0.2, 0.25) is 0 Å². The number of esters is 1. The first-order valence-corrected chi connectivity index (χ1v) is 8.45. The van der Waals surface area contributed by atoms with Gasteiger partial charge in [0.1, 0.15) is 3.58 Å². The normalized spacial score (nSPS) is 11.7. The second-order valence-corrected chi connectivity index (χ2v) is 5.94. The smallest absolute Gasteiger partial charge is 0.344 e. The lowest BCUT2D eigenvalue weighted by Crippen LogP contribution is -2.06. The number of halogens is 1. The number of allylic oxidation sites excluding steroid dienone is 1. The third-order valence-corrected chi connectivity index (χ3v) is 4.44. The standard InChI is InChI=1S/C19H19IO2/c1-2-22-19(21)18(20)17(16-11-7-4-8-12-16)14-13-15-9-5-3-6-10-15/h3-12H,2,13-14H2,1H3/b18-17+. The molecule has 3 heteroatoms. The van der Waals surface area contributed by atoms with Gasteiger partial charge in [-0.05, 0) is 59.1 Å². The van der Waals surface area contributed by atoms with Gasteiger partial charge in [-0.2, -0.15) is 0 Å². The third kappa shape index (κ3) is 4.70. The first kappa shape index (κ1) is 16.7. The Labute approximate surface area is 145 Å². The van der Waals surface area contributed by atoms with Gasteiger partial charge in [0, 0.05) is 0 Å². The molecular weight excluding hydrogens is 387 g/mol. The summed E-state index contributed by atoms with van der Waals surface area (Å²) < 4.78 is 5.82. The molecule has 0 unspecified atom stereocenters. The van der Waals surface area contributed by atoms with Crippen LogP contribution in [0.3, 0.4) is 0 Å². The lowest BCUT2D eigenvalue weighted by Gasteiger charge is -2.11. The monoisotopic (exact) mass is 406 g/mol. The molecule has 2 rings (SSSR count). The van der Waals surface area contributed by atoms with E-state index in [2.05, 4.69) is 34.7 Å². The van der Waals surface area contributed by atoms with Gasteiger partial charge in [-0.25, -0.2) is 4.79 Å². The van der Waals surface area contributed by atoms with E-state index in [1.54, 1.807) is 0 Å². The zero-order chi connectivity index (χ0) is 15.8. The van der Waals surface area contributed by atoms with Gasteiger partial charge >= 0.3 is 5.97 Å². The van der Waals surface area contributed by atoms with Crippen LogP contribution in [0.2, 0.25) is 0 Å². The molecule has 0 fully saturated rings. The highest BCUT2D eigenvalue weighted by Gasteiger charge is 2.15. The van der Waals surface area contributed by atoms with Crippen molar-refractivity contribution >= 4 is 34.1 Å². The van der Waals surface area contributed by atoms with Crippen LogP contribution in [0.4, 0.5) is 0 Å². The fourth-order valence-electron chi connectivity index (χ4n) is 2.25. The third-order valence-electron chi connectivity index (χ3n) is 3.35. The van der Waals surface area contributed by atoms with Gasteiger partial charge in [0.25, 0.3) is 0 Å². The molecule has 2 nitrogen and oxygen atoms in total. The number of rotatable bonds is 6. The molecular formula is C19H19IO2. The average Bonchev–Trinajstić information content (AvgIpc) is 2.57. The summed E-state index contributed by atoms with van der Waals surface area (Å²) in [6, 6.07) is 20.4. The lowest BCUT2D eigenvalue weighted by atomic mass is 9.98. The molecule has 0 spiro atoms. The molecule has 0 bridgehead atoms. The van der Waals surface area contributed by atoms with Crippen LogP contribution in [-0.4, -0.2) is 12.6 Å². The Morgan fingerprint density at radius 1 is 1.00 bits per heavy atom. The largest absolute Gasteiger partial charge is 0.462 e. The molecule has 0 aliphatic carbocycles. The quantitative estimate of drug-likeness (QED) is 0.382. The van der Waals surface area contributed by atoms with E-state index in [4.69, 9.17) is 4.74 Å². The Morgan fingerprint density at radius 3 is 2.18 bits per heavy atom. The molecule has 114 valence electrons. The maximum Gasteiger partial charge on any atom is 0.344 e. The van der Waals surface area contributed by atoms with Gasteiger partial charge in [-0.1, -0.05) is 60.7 Å². The van der Waals surface area contributed by atoms with E-state index in [1.807, 2.05) is 55.5 Å². The molecule has 0 saturated heterocycles. The lowest BCUT2D eigenvalue weighted by molar-refractivity contribution is -0.137. The summed E-state index contributed by atoms with van der Waals surface area (Å²) in [5.74, 6) is -0.241. The highest BCUT2D eigenvalue weighted by Crippen LogP contribution is 2.28. The van der Waals surface area contributed by atoms with Crippen LogP contribution in [0.15, 0.2) is 64.2 Å². The molecule has 22 heavy (non-hydrogen) atoms. The molecule has 0 aliphatic rings. The SMILES string of the molecule is CCOC(=O)/C(I)=C(/CCc1ccccc1)c1ccccc1. The minimum Gasteiger partial charge on any atom is -0.462 e. The Balaban J connectivity index is 2.26. The maximum absolute atomic E-state index is 12.1. The predicted molar refractivity (Wildman–Crippen MR) is 98.8 cm³/mol. The van der Waals surface area contributed by atoms with Crippen molar-refractivity contribution in [3.8, 4) is 0 Å². The first-order chi connectivity index (χ1) is 10.7. The molecule has 0 N–H and O–H groups in total. The van der Waals surface area contributed by atoms with Crippen LogP contribution in [0, 0.1) is 0 Å². The average molecular weight is 406 g/mol. The second-order valence-electron chi connectivity index (χ2n) is 4.86. The minimum absolute atomic E-state index is 0.241. The van der Waals surface area contributed by atoms with Crippen molar-refractivity contribution in [1.29, 1.82) is 0 Å². The van der Waals surface area contributed by atoms with Crippen molar-refractivity contribution in [2.24, 2.45) is 0 Å². The Hall–Kier alpha value is -1.62. The highest BCUT2D eigenvalue weighted by atomic mass is 127. The van der Waals surface area contributed by atoms with E-state index in [0.717, 1.165) is 24.0 Å². The molecule has 0 saturated carbocycles. The molecule has 0 atom stereocenters. The number of carbonyl (C=O) groups is 1. The van der Waals surface area contributed by atoms with Gasteiger partial charge in [0.05, 0.1) is 6.61 Å². The van der Waals surface area contributed by atoms with Gasteiger partial charge in [-0.15, -0.1) is 0 Å². The van der Waals surface area contributed by atoms with Crippen molar-refractivity contribution in [2.75, 3.05) is 6.61 Å². The summed E-state index contributed by atoms with van der Waals surface area (Å²) in [7, 11) is 0. The van der Waals surface area contributed by atoms with Crippen molar-refractivity contribution < 1.29 is 9.53 Å². The molecule has 0 aliphatic heterocycles. The first-order valence-electron chi connectivity index (χ1n) is 7.37. The van der Waals surface area contributed by atoms with E-state index < -0.39 is 0 Å². The fourth-order valence-corrected chi connectivity index (χ4v) is 2.99. The number of hydrogen-bond acceptors (Lipinski definition) is 2. The number of ether oxygens (including phenoxy) is 1. The summed E-state index contributed by atoms with van der Waals surface area (Å²) >= 11 is 2.10. The van der Waals surface area contributed by atoms with Crippen molar-refractivity contribution in [3.05, 3.63) is 75.4 Å². The second kappa shape index (κ2) is 8.73. The van der Waals surface area contributed by atoms with Crippen LogP contribution in [0.1, 0.15) is 24.5 Å². The Bertz CT molecular complexity index is 633. The van der Waals surface area contributed by atoms with Crippen molar-refractivity contribution in [3.63, 3.8) is 0 Å². The zero-order valence-electron chi connectivity index (χ0n) is 12.6.